The smallest absolute Gasteiger partial charge is 0.180 e. The van der Waals surface area contributed by atoms with E-state index in [9.17, 15) is 4.79 Å². The number of hydrogen-bond donors (Lipinski definition) is 0. The second-order valence-corrected chi connectivity index (χ2v) is 6.77. The Balaban J connectivity index is 2.63. The van der Waals surface area contributed by atoms with Crippen LogP contribution in [-0.4, -0.2) is 25.3 Å². The minimum atomic E-state index is -0.0135. The maximum atomic E-state index is 12.7. The molecule has 0 bridgehead atoms. The number of halogens is 1. The largest absolute Gasteiger partial charge is 0.496 e. The first kappa shape index (κ1) is 14.7. The average Bonchev–Trinajstić information content (AvgIpc) is 2.38. The third-order valence-electron chi connectivity index (χ3n) is 3.24. The molecule has 0 saturated carbocycles. The van der Waals surface area contributed by atoms with Gasteiger partial charge in [-0.2, -0.15) is 0 Å². The van der Waals surface area contributed by atoms with Gasteiger partial charge in [-0.25, -0.2) is 0 Å². The van der Waals surface area contributed by atoms with Crippen LogP contribution in [0.2, 0.25) is 0 Å². The van der Waals surface area contributed by atoms with Crippen molar-refractivity contribution in [1.29, 1.82) is 0 Å². The van der Waals surface area contributed by atoms with E-state index in [-0.39, 0.29) is 11.0 Å². The van der Waals surface area contributed by atoms with E-state index in [1.54, 1.807) is 26.0 Å². The lowest BCUT2D eigenvalue weighted by Crippen LogP contribution is -2.29. The number of ether oxygens (including phenoxy) is 2. The Morgan fingerprint density at radius 3 is 2.58 bits per heavy atom. The molecule has 0 N–H and O–H groups in total. The monoisotopic (exact) mass is 344 g/mol. The fraction of sp³-hybridized carbons (Fsp3) is 0.500. The van der Waals surface area contributed by atoms with Crippen molar-refractivity contribution in [3.63, 3.8) is 0 Å². The topological polar surface area (TPSA) is 35.5 Å². The van der Waals surface area contributed by atoms with E-state index in [0.29, 0.717) is 17.2 Å². The molecule has 1 aromatic carbocycles. The minimum absolute atomic E-state index is 0.0135. The normalized spacial score (nSPS) is 18.4. The van der Waals surface area contributed by atoms with Crippen molar-refractivity contribution >= 4 is 33.5 Å². The van der Waals surface area contributed by atoms with Crippen molar-refractivity contribution in [2.75, 3.05) is 14.2 Å². The predicted molar refractivity (Wildman–Crippen MR) is 81.5 cm³/mol. The second-order valence-electron chi connectivity index (χ2n) is 4.79. The first-order valence-corrected chi connectivity index (χ1v) is 7.94. The highest BCUT2D eigenvalue weighted by atomic mass is 79.9. The maximum absolute atomic E-state index is 12.7. The summed E-state index contributed by atoms with van der Waals surface area (Å²) in [5, 5.41) is -0.0135. The van der Waals surface area contributed by atoms with Crippen LogP contribution < -0.4 is 9.47 Å². The molecule has 0 aliphatic carbocycles. The molecule has 3 nitrogen and oxygen atoms in total. The van der Waals surface area contributed by atoms with E-state index in [4.69, 9.17) is 9.47 Å². The zero-order chi connectivity index (χ0) is 14.2. The van der Waals surface area contributed by atoms with E-state index in [0.717, 1.165) is 21.5 Å². The van der Waals surface area contributed by atoms with Crippen LogP contribution in [0.25, 0.3) is 0 Å². The Morgan fingerprint density at radius 2 is 2.05 bits per heavy atom. The number of thioether (sulfide) groups is 1. The van der Waals surface area contributed by atoms with Gasteiger partial charge < -0.3 is 9.47 Å². The zero-order valence-corrected chi connectivity index (χ0v) is 13.9. The molecule has 0 radical (unpaired) electrons. The highest BCUT2D eigenvalue weighted by Crippen LogP contribution is 2.45. The van der Waals surface area contributed by atoms with Gasteiger partial charge in [0.1, 0.15) is 11.5 Å². The standard InChI is InChI=1S/C14H17BrO3S/c1-7(2)14-12(16)11-8(6-19-14)10(17-3)5-9(15)13(11)18-4/h5,7,14H,6H2,1-4H3. The molecule has 1 atom stereocenters. The zero-order valence-electron chi connectivity index (χ0n) is 11.5. The number of ketones is 1. The molecular formula is C14H17BrO3S. The van der Waals surface area contributed by atoms with Gasteiger partial charge >= 0.3 is 0 Å². The average molecular weight is 345 g/mol. The summed E-state index contributed by atoms with van der Waals surface area (Å²) >= 11 is 5.12. The van der Waals surface area contributed by atoms with Crippen molar-refractivity contribution in [3.8, 4) is 11.5 Å². The number of rotatable bonds is 3. The van der Waals surface area contributed by atoms with Crippen LogP contribution in [0.5, 0.6) is 11.5 Å². The van der Waals surface area contributed by atoms with Crippen molar-refractivity contribution < 1.29 is 14.3 Å². The van der Waals surface area contributed by atoms with Gasteiger partial charge in [0.15, 0.2) is 5.78 Å². The Labute approximate surface area is 126 Å². The van der Waals surface area contributed by atoms with Crippen LogP contribution in [0.4, 0.5) is 0 Å². The number of Topliss-reactive ketones (excluding diaryl/α,β-unsaturated/α-hetero) is 1. The van der Waals surface area contributed by atoms with Gasteiger partial charge in [-0.3, -0.25) is 4.79 Å². The fourth-order valence-electron chi connectivity index (χ4n) is 2.32. The molecule has 0 fully saturated rings. The van der Waals surface area contributed by atoms with E-state index in [1.807, 2.05) is 6.07 Å². The molecule has 2 rings (SSSR count). The third kappa shape index (κ3) is 2.50. The summed E-state index contributed by atoms with van der Waals surface area (Å²) < 4.78 is 11.6. The summed E-state index contributed by atoms with van der Waals surface area (Å²) in [4.78, 5) is 12.7. The van der Waals surface area contributed by atoms with Crippen LogP contribution >= 0.6 is 27.7 Å². The number of methoxy groups -OCH3 is 2. The molecular weight excluding hydrogens is 328 g/mol. The number of hydrogen-bond acceptors (Lipinski definition) is 4. The molecule has 0 spiro atoms. The summed E-state index contributed by atoms with van der Waals surface area (Å²) in [7, 11) is 3.21. The van der Waals surface area contributed by atoms with Crippen LogP contribution in [-0.2, 0) is 5.75 Å². The molecule has 1 aliphatic heterocycles. The van der Waals surface area contributed by atoms with Crippen molar-refractivity contribution in [2.24, 2.45) is 5.92 Å². The summed E-state index contributed by atoms with van der Waals surface area (Å²) in [6.07, 6.45) is 0. The van der Waals surface area contributed by atoms with E-state index >= 15 is 0 Å². The van der Waals surface area contributed by atoms with Crippen molar-refractivity contribution in [2.45, 2.75) is 24.9 Å². The molecule has 5 heteroatoms. The number of carbonyl (C=O) groups excluding carboxylic acids is 1. The quantitative estimate of drug-likeness (QED) is 0.832. The lowest BCUT2D eigenvalue weighted by molar-refractivity contribution is 0.0969. The lowest BCUT2D eigenvalue weighted by atomic mass is 9.95. The first-order chi connectivity index (χ1) is 9.01. The molecule has 0 saturated heterocycles. The fourth-order valence-corrected chi connectivity index (χ4v) is 4.17. The number of benzene rings is 1. The minimum Gasteiger partial charge on any atom is -0.496 e. The van der Waals surface area contributed by atoms with Crippen LogP contribution in [0.1, 0.15) is 29.8 Å². The van der Waals surface area contributed by atoms with Gasteiger partial charge in [-0.05, 0) is 27.9 Å². The molecule has 104 valence electrons. The summed E-state index contributed by atoms with van der Waals surface area (Å²) in [6, 6.07) is 1.86. The first-order valence-electron chi connectivity index (χ1n) is 6.10. The van der Waals surface area contributed by atoms with E-state index < -0.39 is 0 Å². The molecule has 19 heavy (non-hydrogen) atoms. The van der Waals surface area contributed by atoms with Crippen molar-refractivity contribution in [1.82, 2.24) is 0 Å². The lowest BCUT2D eigenvalue weighted by Gasteiger charge is -2.28. The third-order valence-corrected chi connectivity index (χ3v) is 5.40. The van der Waals surface area contributed by atoms with Crippen LogP contribution in [0.15, 0.2) is 10.5 Å². The Hall–Kier alpha value is -0.680. The van der Waals surface area contributed by atoms with Gasteiger partial charge in [0, 0.05) is 11.3 Å². The number of fused-ring (bicyclic) bond motifs is 1. The van der Waals surface area contributed by atoms with E-state index in [2.05, 4.69) is 29.8 Å². The van der Waals surface area contributed by atoms with Gasteiger partial charge in [-0.15, -0.1) is 11.8 Å². The van der Waals surface area contributed by atoms with Gasteiger partial charge in [0.2, 0.25) is 0 Å². The Kier molecular flexibility index (Phi) is 4.46. The molecule has 1 aliphatic rings. The molecule has 1 heterocycles. The molecule has 0 aromatic heterocycles. The van der Waals surface area contributed by atoms with Crippen LogP contribution in [0, 0.1) is 5.92 Å². The van der Waals surface area contributed by atoms with Crippen LogP contribution in [0.3, 0.4) is 0 Å². The molecule has 0 amide bonds. The SMILES string of the molecule is COc1cc(Br)c(OC)c2c1CSC(C(C)C)C2=O. The Morgan fingerprint density at radius 1 is 1.37 bits per heavy atom. The second kappa shape index (κ2) is 5.75. The van der Waals surface area contributed by atoms with Gasteiger partial charge in [0.05, 0.1) is 29.5 Å². The Bertz CT molecular complexity index is 514. The maximum Gasteiger partial charge on any atom is 0.180 e. The summed E-state index contributed by atoms with van der Waals surface area (Å²) in [5.74, 6) is 2.58. The summed E-state index contributed by atoms with van der Waals surface area (Å²) in [5.41, 5.74) is 1.61. The highest BCUT2D eigenvalue weighted by molar-refractivity contribution is 9.10. The molecule has 1 aromatic rings. The van der Waals surface area contributed by atoms with Crippen molar-refractivity contribution in [3.05, 3.63) is 21.7 Å². The predicted octanol–water partition coefficient (Wildman–Crippen LogP) is 3.92. The van der Waals surface area contributed by atoms with Gasteiger partial charge in [-0.1, -0.05) is 13.8 Å². The van der Waals surface area contributed by atoms with Gasteiger partial charge in [0.25, 0.3) is 0 Å². The molecule has 1 unspecified atom stereocenters. The summed E-state index contributed by atoms with van der Waals surface area (Å²) in [6.45, 7) is 4.14. The highest BCUT2D eigenvalue weighted by Gasteiger charge is 2.35. The van der Waals surface area contributed by atoms with E-state index in [1.165, 1.54) is 0 Å². The number of carbonyl (C=O) groups is 1.